The Morgan fingerprint density at radius 1 is 0.850 bits per heavy atom. The van der Waals surface area contributed by atoms with Crippen LogP contribution in [0.5, 0.6) is 0 Å². The van der Waals surface area contributed by atoms with Crippen LogP contribution in [0.1, 0.15) is 48.6 Å². The zero-order valence-corrected chi connectivity index (χ0v) is 11.4. The minimum Gasteiger partial charge on any atom is -0.239 e. The van der Waals surface area contributed by atoms with Crippen LogP contribution in [-0.2, 0) is 0 Å². The third kappa shape index (κ3) is 1.85. The molecule has 0 heterocycles. The lowest BCUT2D eigenvalue weighted by Crippen LogP contribution is -2.12. The van der Waals surface area contributed by atoms with E-state index >= 15 is 0 Å². The van der Waals surface area contributed by atoms with E-state index in [1.165, 1.54) is 18.6 Å². The molecule has 4 bridgehead atoms. The van der Waals surface area contributed by atoms with Gasteiger partial charge in [0, 0.05) is 18.3 Å². The second kappa shape index (κ2) is 4.03. The van der Waals surface area contributed by atoms with Gasteiger partial charge in [-0.1, -0.05) is 36.4 Å². The Hall–Kier alpha value is -1.44. The van der Waals surface area contributed by atoms with E-state index in [2.05, 4.69) is 36.4 Å². The van der Waals surface area contributed by atoms with Crippen LogP contribution in [0, 0.1) is 0 Å². The van der Waals surface area contributed by atoms with Crippen LogP contribution >= 0.6 is 0 Å². The molecule has 2 heteroatoms. The smallest absolute Gasteiger partial charge is 0.132 e. The molecule has 20 heavy (non-hydrogen) atoms. The van der Waals surface area contributed by atoms with E-state index in [0.717, 1.165) is 11.8 Å². The van der Waals surface area contributed by atoms with Gasteiger partial charge in [-0.3, -0.25) is 0 Å². The standard InChI is InChI=1S/C11H10.C7H8F2/c1-2-4-11-9-6-5-8(7-9)10(11)3-1;8-6-1-2-7(9,5-6)4-3-6/h1-6,8-9H,7H2;1-2H,3-5H2. The van der Waals surface area contributed by atoms with Crippen molar-refractivity contribution in [3.63, 3.8) is 0 Å². The minimum absolute atomic E-state index is 0.0694. The Labute approximate surface area is 118 Å². The molecule has 104 valence electrons. The maximum Gasteiger partial charge on any atom is 0.132 e. The van der Waals surface area contributed by atoms with E-state index in [4.69, 9.17) is 0 Å². The third-order valence-corrected chi connectivity index (χ3v) is 5.10. The highest BCUT2D eigenvalue weighted by Crippen LogP contribution is 2.50. The summed E-state index contributed by atoms with van der Waals surface area (Å²) < 4.78 is 26.0. The lowest BCUT2D eigenvalue weighted by Gasteiger charge is -2.09. The normalized spacial score (nSPS) is 41.7. The van der Waals surface area contributed by atoms with Gasteiger partial charge in [0.15, 0.2) is 0 Å². The average Bonchev–Trinajstić information content (AvgIpc) is 3.17. The van der Waals surface area contributed by atoms with Crippen molar-refractivity contribution in [3.8, 4) is 0 Å². The maximum atomic E-state index is 13.0. The molecule has 0 spiro atoms. The first-order valence-corrected chi connectivity index (χ1v) is 7.42. The summed E-state index contributed by atoms with van der Waals surface area (Å²) in [5.41, 5.74) is 0.573. The SMILES string of the molecule is C1=CC2CC1c1ccccc12.FC12C=CC(F)(CC1)C2. The van der Waals surface area contributed by atoms with Gasteiger partial charge in [-0.05, 0) is 42.5 Å². The Balaban J connectivity index is 0.000000108. The number of halogens is 2. The monoisotopic (exact) mass is 272 g/mol. The van der Waals surface area contributed by atoms with E-state index in [0.29, 0.717) is 12.8 Å². The summed E-state index contributed by atoms with van der Waals surface area (Å²) in [6, 6.07) is 8.83. The first-order chi connectivity index (χ1) is 9.57. The molecule has 4 atom stereocenters. The number of benzene rings is 1. The molecule has 5 rings (SSSR count). The minimum atomic E-state index is -1.28. The molecule has 0 aromatic heterocycles. The molecular formula is C18H18F2. The van der Waals surface area contributed by atoms with Gasteiger partial charge in [0.1, 0.15) is 11.3 Å². The van der Waals surface area contributed by atoms with Crippen molar-refractivity contribution in [2.75, 3.05) is 0 Å². The van der Waals surface area contributed by atoms with Crippen molar-refractivity contribution in [1.82, 2.24) is 0 Å². The van der Waals surface area contributed by atoms with E-state index in [1.54, 1.807) is 11.1 Å². The predicted molar refractivity (Wildman–Crippen MR) is 76.4 cm³/mol. The number of fused-ring (bicyclic) bond motifs is 7. The van der Waals surface area contributed by atoms with E-state index in [1.807, 2.05) is 0 Å². The van der Waals surface area contributed by atoms with E-state index in [-0.39, 0.29) is 6.42 Å². The van der Waals surface area contributed by atoms with Crippen molar-refractivity contribution in [2.24, 2.45) is 0 Å². The molecule has 4 unspecified atom stereocenters. The molecule has 0 nitrogen and oxygen atoms in total. The molecule has 1 fully saturated rings. The zero-order chi connectivity index (χ0) is 13.8. The van der Waals surface area contributed by atoms with Gasteiger partial charge in [-0.15, -0.1) is 0 Å². The molecule has 4 aliphatic carbocycles. The van der Waals surface area contributed by atoms with Crippen molar-refractivity contribution < 1.29 is 8.78 Å². The average molecular weight is 272 g/mol. The fourth-order valence-electron chi connectivity index (χ4n) is 4.01. The number of alkyl halides is 2. The highest BCUT2D eigenvalue weighted by molar-refractivity contribution is 5.47. The van der Waals surface area contributed by atoms with Crippen LogP contribution < -0.4 is 0 Å². The van der Waals surface area contributed by atoms with E-state index in [9.17, 15) is 8.78 Å². The van der Waals surface area contributed by atoms with Gasteiger partial charge in [0.05, 0.1) is 0 Å². The number of hydrogen-bond donors (Lipinski definition) is 0. The Morgan fingerprint density at radius 2 is 1.35 bits per heavy atom. The van der Waals surface area contributed by atoms with Crippen molar-refractivity contribution in [3.05, 3.63) is 59.7 Å². The Bertz CT molecular complexity index is 554. The Kier molecular flexibility index (Phi) is 2.48. The molecule has 0 amide bonds. The highest BCUT2D eigenvalue weighted by atomic mass is 19.2. The summed E-state index contributed by atoms with van der Waals surface area (Å²) in [5, 5.41) is 0. The lowest BCUT2D eigenvalue weighted by molar-refractivity contribution is 0.205. The van der Waals surface area contributed by atoms with Gasteiger partial charge < -0.3 is 0 Å². The van der Waals surface area contributed by atoms with Crippen molar-refractivity contribution in [2.45, 2.75) is 48.9 Å². The van der Waals surface area contributed by atoms with Crippen LogP contribution in [0.2, 0.25) is 0 Å². The third-order valence-electron chi connectivity index (χ3n) is 5.10. The highest BCUT2D eigenvalue weighted by Gasteiger charge is 2.51. The molecule has 0 saturated heterocycles. The molecule has 1 saturated carbocycles. The van der Waals surface area contributed by atoms with Gasteiger partial charge in [-0.25, -0.2) is 8.78 Å². The second-order valence-corrected chi connectivity index (χ2v) is 6.54. The summed E-state index contributed by atoms with van der Waals surface area (Å²) in [6.45, 7) is 0. The zero-order valence-electron chi connectivity index (χ0n) is 11.4. The summed E-state index contributed by atoms with van der Waals surface area (Å²) in [6.07, 6.45) is 9.60. The molecule has 1 aromatic rings. The fourth-order valence-corrected chi connectivity index (χ4v) is 4.01. The van der Waals surface area contributed by atoms with Gasteiger partial charge >= 0.3 is 0 Å². The number of rotatable bonds is 0. The molecule has 1 aromatic carbocycles. The second-order valence-electron chi connectivity index (χ2n) is 6.54. The molecule has 0 radical (unpaired) electrons. The summed E-state index contributed by atoms with van der Waals surface area (Å²) in [4.78, 5) is 0. The molecule has 0 N–H and O–H groups in total. The molecular weight excluding hydrogens is 254 g/mol. The van der Waals surface area contributed by atoms with Gasteiger partial charge in [-0.2, -0.15) is 0 Å². The number of hydrogen-bond acceptors (Lipinski definition) is 0. The quantitative estimate of drug-likeness (QED) is 0.584. The number of allylic oxidation sites excluding steroid dienone is 4. The summed E-state index contributed by atoms with van der Waals surface area (Å²) in [7, 11) is 0. The van der Waals surface area contributed by atoms with Crippen LogP contribution in [0.15, 0.2) is 48.6 Å². The van der Waals surface area contributed by atoms with Crippen molar-refractivity contribution >= 4 is 0 Å². The van der Waals surface area contributed by atoms with Crippen molar-refractivity contribution in [1.29, 1.82) is 0 Å². The van der Waals surface area contributed by atoms with E-state index < -0.39 is 11.3 Å². The van der Waals surface area contributed by atoms with Crippen LogP contribution in [0.4, 0.5) is 8.78 Å². The Morgan fingerprint density at radius 3 is 1.70 bits per heavy atom. The first-order valence-electron chi connectivity index (χ1n) is 7.42. The molecule has 0 aliphatic heterocycles. The summed E-state index contributed by atoms with van der Waals surface area (Å²) >= 11 is 0. The van der Waals surface area contributed by atoms with Crippen LogP contribution in [-0.4, -0.2) is 11.3 Å². The fraction of sp³-hybridized carbons (Fsp3) is 0.444. The van der Waals surface area contributed by atoms with Crippen LogP contribution in [0.25, 0.3) is 0 Å². The van der Waals surface area contributed by atoms with Gasteiger partial charge in [0.25, 0.3) is 0 Å². The predicted octanol–water partition coefficient (Wildman–Crippen LogP) is 4.98. The molecule has 4 aliphatic rings. The topological polar surface area (TPSA) is 0 Å². The van der Waals surface area contributed by atoms with Crippen LogP contribution in [0.3, 0.4) is 0 Å². The maximum absolute atomic E-state index is 13.0. The summed E-state index contributed by atoms with van der Waals surface area (Å²) in [5.74, 6) is 1.49. The lowest BCUT2D eigenvalue weighted by atomic mass is 9.97. The largest absolute Gasteiger partial charge is 0.239 e. The van der Waals surface area contributed by atoms with Gasteiger partial charge in [0.2, 0.25) is 0 Å². The first kappa shape index (κ1) is 12.3.